The van der Waals surface area contributed by atoms with E-state index in [-0.39, 0.29) is 0 Å². The summed E-state index contributed by atoms with van der Waals surface area (Å²) in [6.07, 6.45) is 0. The number of nitrogens with zero attached hydrogens (tertiary/aromatic N) is 2. The van der Waals surface area contributed by atoms with E-state index in [9.17, 15) is 8.42 Å². The van der Waals surface area contributed by atoms with Gasteiger partial charge in [-0.15, -0.1) is 11.3 Å². The zero-order chi connectivity index (χ0) is 22.6. The van der Waals surface area contributed by atoms with Gasteiger partial charge in [0.05, 0.1) is 18.5 Å². The summed E-state index contributed by atoms with van der Waals surface area (Å²) in [6.45, 7) is 5.94. The molecule has 0 saturated carbocycles. The van der Waals surface area contributed by atoms with Gasteiger partial charge in [0, 0.05) is 35.9 Å². The SMILES string of the molecule is COc1ccc(NS(=O)(=O)c2sc3ccc(Cl)cc3c2C)cc1N1CC2CN(C)CC2C1. The van der Waals surface area contributed by atoms with E-state index in [1.807, 2.05) is 31.2 Å². The zero-order valence-electron chi connectivity index (χ0n) is 18.3. The van der Waals surface area contributed by atoms with Crippen LogP contribution in [0.1, 0.15) is 5.56 Å². The molecule has 2 fully saturated rings. The summed E-state index contributed by atoms with van der Waals surface area (Å²) in [5.41, 5.74) is 2.18. The average molecular weight is 492 g/mol. The predicted molar refractivity (Wildman–Crippen MR) is 132 cm³/mol. The third kappa shape index (κ3) is 3.83. The summed E-state index contributed by atoms with van der Waals surface area (Å²) < 4.78 is 36.1. The number of aryl methyl sites for hydroxylation is 1. The van der Waals surface area contributed by atoms with E-state index >= 15 is 0 Å². The van der Waals surface area contributed by atoms with Gasteiger partial charge < -0.3 is 14.5 Å². The summed E-state index contributed by atoms with van der Waals surface area (Å²) >= 11 is 7.37. The summed E-state index contributed by atoms with van der Waals surface area (Å²) in [7, 11) is 0.0796. The minimum atomic E-state index is -3.74. The molecule has 0 radical (unpaired) electrons. The number of rotatable bonds is 5. The summed E-state index contributed by atoms with van der Waals surface area (Å²) in [5.74, 6) is 2.03. The van der Waals surface area contributed by atoms with E-state index in [4.69, 9.17) is 16.3 Å². The average Bonchev–Trinajstić information content (AvgIpc) is 3.39. The van der Waals surface area contributed by atoms with Crippen molar-refractivity contribution in [3.8, 4) is 5.75 Å². The molecule has 2 unspecified atom stereocenters. The Bertz CT molecular complexity index is 1280. The number of sulfonamides is 1. The van der Waals surface area contributed by atoms with Crippen LogP contribution in [0.15, 0.2) is 40.6 Å². The molecule has 1 N–H and O–H groups in total. The molecule has 6 nitrogen and oxygen atoms in total. The Morgan fingerprint density at radius 1 is 1.09 bits per heavy atom. The number of ether oxygens (including phenoxy) is 1. The van der Waals surface area contributed by atoms with Crippen molar-refractivity contribution in [1.82, 2.24) is 4.90 Å². The molecule has 3 aromatic rings. The van der Waals surface area contributed by atoms with Crippen molar-refractivity contribution >= 4 is 54.4 Å². The molecule has 2 aliphatic rings. The van der Waals surface area contributed by atoms with Crippen LogP contribution in [0.4, 0.5) is 11.4 Å². The van der Waals surface area contributed by atoms with Gasteiger partial charge in [0.1, 0.15) is 9.96 Å². The zero-order valence-corrected chi connectivity index (χ0v) is 20.6. The highest BCUT2D eigenvalue weighted by Crippen LogP contribution is 2.40. The standard InChI is InChI=1S/C23H26ClN3O3S2/c1-14-19-8-17(24)4-7-22(19)31-23(14)32(28,29)25-18-5-6-21(30-3)20(9-18)27-12-15-10-26(2)11-16(15)13-27/h4-9,15-16,25H,10-13H2,1-3H3. The van der Waals surface area contributed by atoms with Crippen LogP contribution >= 0.6 is 22.9 Å². The summed E-state index contributed by atoms with van der Waals surface area (Å²) in [5, 5.41) is 1.46. The molecule has 1 aromatic heterocycles. The van der Waals surface area contributed by atoms with E-state index in [0.29, 0.717) is 32.3 Å². The topological polar surface area (TPSA) is 61.9 Å². The van der Waals surface area contributed by atoms with E-state index < -0.39 is 10.0 Å². The molecule has 0 bridgehead atoms. The highest BCUT2D eigenvalue weighted by atomic mass is 35.5. The van der Waals surface area contributed by atoms with E-state index in [0.717, 1.165) is 47.7 Å². The minimum Gasteiger partial charge on any atom is -0.495 e. The Balaban J connectivity index is 1.44. The molecule has 9 heteroatoms. The molecule has 5 rings (SSSR count). The van der Waals surface area contributed by atoms with Crippen LogP contribution < -0.4 is 14.4 Å². The normalized spacial score (nSPS) is 21.3. The molecule has 0 amide bonds. The molecule has 170 valence electrons. The number of fused-ring (bicyclic) bond motifs is 2. The van der Waals surface area contributed by atoms with E-state index in [1.54, 1.807) is 19.2 Å². The molecule has 0 aliphatic carbocycles. The number of halogens is 1. The second kappa shape index (κ2) is 8.09. The Labute approximate surface area is 197 Å². The number of benzene rings is 2. The first-order valence-corrected chi connectivity index (χ1v) is 13.3. The lowest BCUT2D eigenvalue weighted by atomic mass is 10.0. The number of hydrogen-bond acceptors (Lipinski definition) is 6. The van der Waals surface area contributed by atoms with Crippen molar-refractivity contribution in [3.63, 3.8) is 0 Å². The minimum absolute atomic E-state index is 0.311. The third-order valence-corrected chi connectivity index (χ3v) is 10.0. The first kappa shape index (κ1) is 21.8. The smallest absolute Gasteiger partial charge is 0.271 e. The van der Waals surface area contributed by atoms with Crippen molar-refractivity contribution in [3.05, 3.63) is 47.0 Å². The number of nitrogens with one attached hydrogen (secondary N) is 1. The number of thiophene rings is 1. The fraction of sp³-hybridized carbons (Fsp3) is 0.391. The van der Waals surface area contributed by atoms with Crippen molar-refractivity contribution in [1.29, 1.82) is 0 Å². The maximum absolute atomic E-state index is 13.3. The van der Waals surface area contributed by atoms with Gasteiger partial charge in [0.25, 0.3) is 10.0 Å². The first-order chi connectivity index (χ1) is 15.2. The van der Waals surface area contributed by atoms with Crippen molar-refractivity contribution in [2.24, 2.45) is 11.8 Å². The van der Waals surface area contributed by atoms with Gasteiger partial charge in [0.15, 0.2) is 0 Å². The Kier molecular flexibility index (Phi) is 5.52. The molecule has 32 heavy (non-hydrogen) atoms. The van der Waals surface area contributed by atoms with E-state index in [2.05, 4.69) is 21.6 Å². The van der Waals surface area contributed by atoms with Gasteiger partial charge in [0.2, 0.25) is 0 Å². The molecule has 2 aromatic carbocycles. The molecule has 3 heterocycles. The van der Waals surface area contributed by atoms with Crippen molar-refractivity contribution < 1.29 is 13.2 Å². The van der Waals surface area contributed by atoms with Crippen LogP contribution in [0.5, 0.6) is 5.75 Å². The lowest BCUT2D eigenvalue weighted by molar-refractivity contribution is 0.385. The molecular formula is C23H26ClN3O3S2. The summed E-state index contributed by atoms with van der Waals surface area (Å²) in [6, 6.07) is 10.9. The predicted octanol–water partition coefficient (Wildman–Crippen LogP) is 4.67. The lowest BCUT2D eigenvalue weighted by Gasteiger charge is -2.24. The fourth-order valence-electron chi connectivity index (χ4n) is 5.05. The van der Waals surface area contributed by atoms with Gasteiger partial charge in [-0.25, -0.2) is 8.42 Å². The van der Waals surface area contributed by atoms with Gasteiger partial charge in [-0.05, 0) is 73.2 Å². The summed E-state index contributed by atoms with van der Waals surface area (Å²) in [4.78, 5) is 4.71. The number of anilines is 2. The molecule has 2 atom stereocenters. The maximum atomic E-state index is 13.3. The van der Waals surface area contributed by atoms with Crippen LogP contribution in [0.25, 0.3) is 10.1 Å². The van der Waals surface area contributed by atoms with Gasteiger partial charge in [-0.1, -0.05) is 11.6 Å². The van der Waals surface area contributed by atoms with Crippen LogP contribution in [0.3, 0.4) is 0 Å². The van der Waals surface area contributed by atoms with Crippen molar-refractivity contribution in [2.75, 3.05) is 50.0 Å². The third-order valence-electron chi connectivity index (χ3n) is 6.54. The quantitative estimate of drug-likeness (QED) is 0.562. The largest absolute Gasteiger partial charge is 0.495 e. The fourth-order valence-corrected chi connectivity index (χ4v) is 8.02. The molecule has 2 aliphatic heterocycles. The van der Waals surface area contributed by atoms with Gasteiger partial charge in [-0.2, -0.15) is 0 Å². The lowest BCUT2D eigenvalue weighted by Crippen LogP contribution is -2.27. The monoisotopic (exact) mass is 491 g/mol. The second-order valence-corrected chi connectivity index (χ2v) is 12.2. The van der Waals surface area contributed by atoms with Crippen LogP contribution in [-0.4, -0.2) is 53.7 Å². The van der Waals surface area contributed by atoms with Crippen molar-refractivity contribution in [2.45, 2.75) is 11.1 Å². The highest BCUT2D eigenvalue weighted by molar-refractivity contribution is 7.94. The number of hydrogen-bond donors (Lipinski definition) is 1. The highest BCUT2D eigenvalue weighted by Gasteiger charge is 2.39. The molecule has 0 spiro atoms. The Morgan fingerprint density at radius 3 is 2.50 bits per heavy atom. The number of likely N-dealkylation sites (tertiary alicyclic amines) is 1. The van der Waals surface area contributed by atoms with Crippen LogP contribution in [0, 0.1) is 18.8 Å². The Hall–Kier alpha value is -2.00. The van der Waals surface area contributed by atoms with Gasteiger partial charge >= 0.3 is 0 Å². The Morgan fingerprint density at radius 2 is 1.81 bits per heavy atom. The molecule has 2 saturated heterocycles. The van der Waals surface area contributed by atoms with E-state index in [1.165, 1.54) is 11.3 Å². The second-order valence-electron chi connectivity index (χ2n) is 8.79. The van der Waals surface area contributed by atoms with Gasteiger partial charge in [-0.3, -0.25) is 4.72 Å². The first-order valence-electron chi connectivity index (χ1n) is 10.6. The number of methoxy groups -OCH3 is 1. The van der Waals surface area contributed by atoms with Crippen LogP contribution in [0.2, 0.25) is 5.02 Å². The molecular weight excluding hydrogens is 466 g/mol. The van der Waals surface area contributed by atoms with Crippen LogP contribution in [-0.2, 0) is 10.0 Å². The maximum Gasteiger partial charge on any atom is 0.271 e.